The van der Waals surface area contributed by atoms with Crippen molar-refractivity contribution in [3.63, 3.8) is 0 Å². The lowest BCUT2D eigenvalue weighted by Crippen LogP contribution is -2.16. The molecular weight excluding hydrogens is 192 g/mol. The second-order valence-corrected chi connectivity index (χ2v) is 4.77. The van der Waals surface area contributed by atoms with Crippen LogP contribution >= 0.6 is 0 Å². The van der Waals surface area contributed by atoms with Crippen molar-refractivity contribution in [1.29, 1.82) is 0 Å². The van der Waals surface area contributed by atoms with Crippen molar-refractivity contribution >= 4 is 11.6 Å². The summed E-state index contributed by atoms with van der Waals surface area (Å²) in [4.78, 5) is 22.4. The highest BCUT2D eigenvalue weighted by atomic mass is 16.5. The number of hydrogen-bond acceptors (Lipinski definition) is 3. The SMILES string of the molecule is CC(C)CC(=O)COCC(=O)CC(C)C. The molecule has 88 valence electrons. The molecule has 0 saturated carbocycles. The van der Waals surface area contributed by atoms with Gasteiger partial charge in [-0.15, -0.1) is 0 Å². The molecule has 0 bridgehead atoms. The van der Waals surface area contributed by atoms with Gasteiger partial charge in [-0.3, -0.25) is 9.59 Å². The second kappa shape index (κ2) is 7.57. The Morgan fingerprint density at radius 1 is 0.867 bits per heavy atom. The standard InChI is InChI=1S/C12H22O3/c1-9(2)5-11(13)7-15-8-12(14)6-10(3)4/h9-10H,5-8H2,1-4H3. The fraction of sp³-hybridized carbons (Fsp3) is 0.833. The zero-order valence-corrected chi connectivity index (χ0v) is 10.2. The van der Waals surface area contributed by atoms with Crippen molar-refractivity contribution < 1.29 is 14.3 Å². The maximum absolute atomic E-state index is 11.2. The van der Waals surface area contributed by atoms with Crippen LogP contribution in [0.1, 0.15) is 40.5 Å². The molecular formula is C12H22O3. The van der Waals surface area contributed by atoms with Crippen LogP contribution in [0.25, 0.3) is 0 Å². The van der Waals surface area contributed by atoms with Crippen LogP contribution in [-0.2, 0) is 14.3 Å². The van der Waals surface area contributed by atoms with Gasteiger partial charge in [0.2, 0.25) is 0 Å². The quantitative estimate of drug-likeness (QED) is 0.622. The van der Waals surface area contributed by atoms with E-state index in [1.54, 1.807) is 0 Å². The number of carbonyl (C=O) groups is 2. The maximum Gasteiger partial charge on any atom is 0.158 e. The van der Waals surface area contributed by atoms with Gasteiger partial charge in [0, 0.05) is 12.8 Å². The maximum atomic E-state index is 11.2. The Morgan fingerprint density at radius 2 is 1.20 bits per heavy atom. The summed E-state index contributed by atoms with van der Waals surface area (Å²) in [7, 11) is 0. The van der Waals surface area contributed by atoms with E-state index in [1.807, 2.05) is 27.7 Å². The molecule has 0 aromatic carbocycles. The predicted octanol–water partition coefficient (Wildman–Crippen LogP) is 2.23. The molecule has 0 atom stereocenters. The van der Waals surface area contributed by atoms with E-state index >= 15 is 0 Å². The van der Waals surface area contributed by atoms with E-state index in [0.717, 1.165) is 0 Å². The van der Waals surface area contributed by atoms with Gasteiger partial charge in [-0.05, 0) is 11.8 Å². The average molecular weight is 214 g/mol. The van der Waals surface area contributed by atoms with Crippen molar-refractivity contribution in [1.82, 2.24) is 0 Å². The Labute approximate surface area is 92.2 Å². The molecule has 0 unspecified atom stereocenters. The molecule has 0 amide bonds. The Bertz CT molecular complexity index is 185. The molecule has 0 fully saturated rings. The van der Waals surface area contributed by atoms with Crippen molar-refractivity contribution in [3.05, 3.63) is 0 Å². The van der Waals surface area contributed by atoms with Gasteiger partial charge in [0.15, 0.2) is 11.6 Å². The summed E-state index contributed by atoms with van der Waals surface area (Å²) in [5, 5.41) is 0. The van der Waals surface area contributed by atoms with Crippen LogP contribution in [-0.4, -0.2) is 24.8 Å². The monoisotopic (exact) mass is 214 g/mol. The van der Waals surface area contributed by atoms with Crippen molar-refractivity contribution in [2.24, 2.45) is 11.8 Å². The molecule has 0 aliphatic heterocycles. The first-order chi connectivity index (χ1) is 6.91. The van der Waals surface area contributed by atoms with Crippen LogP contribution in [0.15, 0.2) is 0 Å². The summed E-state index contributed by atoms with van der Waals surface area (Å²) in [6.45, 7) is 8.09. The first-order valence-corrected chi connectivity index (χ1v) is 5.53. The van der Waals surface area contributed by atoms with Gasteiger partial charge in [-0.1, -0.05) is 27.7 Å². The van der Waals surface area contributed by atoms with Crippen LogP contribution in [0.2, 0.25) is 0 Å². The molecule has 0 radical (unpaired) electrons. The number of rotatable bonds is 8. The first-order valence-electron chi connectivity index (χ1n) is 5.53. The van der Waals surface area contributed by atoms with Gasteiger partial charge < -0.3 is 4.74 Å². The highest BCUT2D eigenvalue weighted by Gasteiger charge is 2.08. The minimum Gasteiger partial charge on any atom is -0.366 e. The lowest BCUT2D eigenvalue weighted by molar-refractivity contribution is -0.129. The molecule has 0 aliphatic rings. The summed E-state index contributed by atoms with van der Waals surface area (Å²) in [5.41, 5.74) is 0. The van der Waals surface area contributed by atoms with Gasteiger partial charge in [-0.2, -0.15) is 0 Å². The molecule has 0 rings (SSSR count). The van der Waals surface area contributed by atoms with E-state index in [0.29, 0.717) is 24.7 Å². The molecule has 0 spiro atoms. The third-order valence-electron chi connectivity index (χ3n) is 1.80. The van der Waals surface area contributed by atoms with E-state index < -0.39 is 0 Å². The fourth-order valence-corrected chi connectivity index (χ4v) is 1.31. The summed E-state index contributed by atoms with van der Waals surface area (Å²) < 4.78 is 5.06. The van der Waals surface area contributed by atoms with Crippen molar-refractivity contribution in [2.75, 3.05) is 13.2 Å². The van der Waals surface area contributed by atoms with E-state index in [9.17, 15) is 9.59 Å². The zero-order valence-electron chi connectivity index (χ0n) is 10.2. The van der Waals surface area contributed by atoms with Gasteiger partial charge in [0.1, 0.15) is 13.2 Å². The molecule has 0 N–H and O–H groups in total. The Morgan fingerprint density at radius 3 is 1.47 bits per heavy atom. The summed E-state index contributed by atoms with van der Waals surface area (Å²) in [6.07, 6.45) is 1.05. The van der Waals surface area contributed by atoms with Crippen LogP contribution in [0.5, 0.6) is 0 Å². The Kier molecular flexibility index (Phi) is 7.22. The normalized spacial score (nSPS) is 11.1. The number of hydrogen-bond donors (Lipinski definition) is 0. The third kappa shape index (κ3) is 9.60. The predicted molar refractivity (Wildman–Crippen MR) is 59.7 cm³/mol. The molecule has 0 aromatic heterocycles. The van der Waals surface area contributed by atoms with Gasteiger partial charge in [-0.25, -0.2) is 0 Å². The summed E-state index contributed by atoms with van der Waals surface area (Å²) >= 11 is 0. The van der Waals surface area contributed by atoms with E-state index in [2.05, 4.69) is 0 Å². The largest absolute Gasteiger partial charge is 0.366 e. The highest BCUT2D eigenvalue weighted by molar-refractivity contribution is 5.82. The van der Waals surface area contributed by atoms with Crippen LogP contribution < -0.4 is 0 Å². The zero-order chi connectivity index (χ0) is 11.8. The van der Waals surface area contributed by atoms with Crippen molar-refractivity contribution in [3.8, 4) is 0 Å². The molecule has 0 aliphatic carbocycles. The number of Topliss-reactive ketones (excluding diaryl/α,β-unsaturated/α-hetero) is 2. The molecule has 0 aromatic rings. The van der Waals surface area contributed by atoms with Crippen LogP contribution in [0.3, 0.4) is 0 Å². The smallest absolute Gasteiger partial charge is 0.158 e. The number of carbonyl (C=O) groups excluding carboxylic acids is 2. The lowest BCUT2D eigenvalue weighted by atomic mass is 10.1. The summed E-state index contributed by atoms with van der Waals surface area (Å²) in [6, 6.07) is 0. The van der Waals surface area contributed by atoms with E-state index in [4.69, 9.17) is 4.74 Å². The Hall–Kier alpha value is -0.700. The first kappa shape index (κ1) is 14.3. The molecule has 3 nitrogen and oxygen atoms in total. The highest BCUT2D eigenvalue weighted by Crippen LogP contribution is 2.02. The third-order valence-corrected chi connectivity index (χ3v) is 1.80. The topological polar surface area (TPSA) is 43.4 Å². The molecule has 0 heterocycles. The van der Waals surface area contributed by atoms with Gasteiger partial charge in [0.05, 0.1) is 0 Å². The average Bonchev–Trinajstić information content (AvgIpc) is 2.00. The fourth-order valence-electron chi connectivity index (χ4n) is 1.31. The molecule has 3 heteroatoms. The van der Waals surface area contributed by atoms with E-state index in [-0.39, 0.29) is 24.8 Å². The second-order valence-electron chi connectivity index (χ2n) is 4.77. The van der Waals surface area contributed by atoms with Crippen LogP contribution in [0, 0.1) is 11.8 Å². The Balaban J connectivity index is 3.53. The minimum atomic E-state index is 0.0714. The number of ether oxygens (including phenoxy) is 1. The van der Waals surface area contributed by atoms with Gasteiger partial charge >= 0.3 is 0 Å². The van der Waals surface area contributed by atoms with Crippen molar-refractivity contribution in [2.45, 2.75) is 40.5 Å². The number of ketones is 2. The van der Waals surface area contributed by atoms with Gasteiger partial charge in [0.25, 0.3) is 0 Å². The van der Waals surface area contributed by atoms with E-state index in [1.165, 1.54) is 0 Å². The lowest BCUT2D eigenvalue weighted by Gasteiger charge is -2.06. The summed E-state index contributed by atoms with van der Waals surface area (Å²) in [5.74, 6) is 0.852. The van der Waals surface area contributed by atoms with Crippen LogP contribution in [0.4, 0.5) is 0 Å². The molecule has 0 saturated heterocycles. The molecule has 15 heavy (non-hydrogen) atoms. The minimum absolute atomic E-state index is 0.0714.